The van der Waals surface area contributed by atoms with Crippen molar-refractivity contribution in [2.24, 2.45) is 0 Å². The lowest BCUT2D eigenvalue weighted by atomic mass is 9.92. The summed E-state index contributed by atoms with van der Waals surface area (Å²) in [6, 6.07) is 17.9. The fraction of sp³-hybridized carbons (Fsp3) is 0.333. The van der Waals surface area contributed by atoms with Gasteiger partial charge in [0.2, 0.25) is 0 Å². The van der Waals surface area contributed by atoms with Gasteiger partial charge in [0.1, 0.15) is 0 Å². The van der Waals surface area contributed by atoms with Gasteiger partial charge in [-0.25, -0.2) is 0 Å². The molecule has 0 radical (unpaired) electrons. The predicted molar refractivity (Wildman–Crippen MR) is 87.2 cm³/mol. The van der Waals surface area contributed by atoms with Gasteiger partial charge in [0, 0.05) is 5.33 Å². The molecule has 0 bridgehead atoms. The lowest BCUT2D eigenvalue weighted by Gasteiger charge is -2.15. The molecule has 2 rings (SSSR count). The molecule has 0 N–H and O–H groups in total. The molecule has 0 fully saturated rings. The van der Waals surface area contributed by atoms with Crippen LogP contribution in [0.1, 0.15) is 35.1 Å². The highest BCUT2D eigenvalue weighted by Gasteiger charge is 2.11. The van der Waals surface area contributed by atoms with Gasteiger partial charge in [0.15, 0.2) is 0 Å². The first-order valence-corrected chi connectivity index (χ1v) is 8.05. The van der Waals surface area contributed by atoms with E-state index in [1.165, 1.54) is 22.3 Å². The topological polar surface area (TPSA) is 0 Å². The second-order valence-electron chi connectivity index (χ2n) is 5.14. The van der Waals surface area contributed by atoms with Crippen molar-refractivity contribution in [2.45, 2.75) is 32.6 Å². The molecule has 0 amide bonds. The molecule has 1 unspecified atom stereocenters. The predicted octanol–water partition coefficient (Wildman–Crippen LogP) is 5.28. The molecule has 0 aliphatic heterocycles. The Kier molecular flexibility index (Phi) is 5.21. The van der Waals surface area contributed by atoms with E-state index < -0.39 is 0 Å². The van der Waals surface area contributed by atoms with E-state index in [1.807, 2.05) is 0 Å². The smallest absolute Gasteiger partial charge is 0.0103 e. The van der Waals surface area contributed by atoms with Gasteiger partial charge in [-0.05, 0) is 42.4 Å². The standard InChI is InChI=1S/C18H21Br/c1-3-15-7-9-16(10-8-15)12-18(13-19)17-6-4-5-14(2)11-17/h4-11,18H,3,12-13H2,1-2H3. The molecule has 19 heavy (non-hydrogen) atoms. The van der Waals surface area contributed by atoms with E-state index in [1.54, 1.807) is 0 Å². The Hall–Kier alpha value is -1.08. The van der Waals surface area contributed by atoms with Gasteiger partial charge in [-0.3, -0.25) is 0 Å². The van der Waals surface area contributed by atoms with Crippen molar-refractivity contribution in [2.75, 3.05) is 5.33 Å². The molecule has 0 nitrogen and oxygen atoms in total. The van der Waals surface area contributed by atoms with E-state index in [4.69, 9.17) is 0 Å². The van der Waals surface area contributed by atoms with Crippen LogP contribution in [0.5, 0.6) is 0 Å². The molecule has 1 atom stereocenters. The first-order valence-electron chi connectivity index (χ1n) is 6.93. The third kappa shape index (κ3) is 3.94. The molecular weight excluding hydrogens is 296 g/mol. The Labute approximate surface area is 125 Å². The van der Waals surface area contributed by atoms with Crippen LogP contribution in [0, 0.1) is 6.92 Å². The summed E-state index contributed by atoms with van der Waals surface area (Å²) in [4.78, 5) is 0. The van der Waals surface area contributed by atoms with Gasteiger partial charge in [0.25, 0.3) is 0 Å². The Morgan fingerprint density at radius 3 is 2.26 bits per heavy atom. The van der Waals surface area contributed by atoms with Crippen LogP contribution in [0.4, 0.5) is 0 Å². The average Bonchev–Trinajstić information content (AvgIpc) is 2.45. The number of aryl methyl sites for hydroxylation is 2. The second-order valence-corrected chi connectivity index (χ2v) is 5.79. The van der Waals surface area contributed by atoms with E-state index >= 15 is 0 Å². The van der Waals surface area contributed by atoms with Crippen molar-refractivity contribution in [3.05, 3.63) is 70.8 Å². The zero-order chi connectivity index (χ0) is 13.7. The van der Waals surface area contributed by atoms with Crippen molar-refractivity contribution in [3.63, 3.8) is 0 Å². The molecule has 1 heteroatoms. The molecule has 0 saturated heterocycles. The summed E-state index contributed by atoms with van der Waals surface area (Å²) in [7, 11) is 0. The summed E-state index contributed by atoms with van der Waals surface area (Å²) in [5.74, 6) is 0.548. The van der Waals surface area contributed by atoms with Gasteiger partial charge < -0.3 is 0 Å². The first kappa shape index (κ1) is 14.3. The number of hydrogen-bond donors (Lipinski definition) is 0. The Morgan fingerprint density at radius 2 is 1.68 bits per heavy atom. The van der Waals surface area contributed by atoms with Crippen LogP contribution >= 0.6 is 15.9 Å². The summed E-state index contributed by atoms with van der Waals surface area (Å²) in [5.41, 5.74) is 5.60. The Balaban J connectivity index is 2.14. The van der Waals surface area contributed by atoms with E-state index in [0.29, 0.717) is 5.92 Å². The number of halogens is 1. The summed E-state index contributed by atoms with van der Waals surface area (Å²) >= 11 is 3.66. The highest BCUT2D eigenvalue weighted by Crippen LogP contribution is 2.24. The quantitative estimate of drug-likeness (QED) is 0.658. The number of hydrogen-bond acceptors (Lipinski definition) is 0. The summed E-state index contributed by atoms with van der Waals surface area (Å²) in [6.07, 6.45) is 2.21. The maximum atomic E-state index is 3.66. The second kappa shape index (κ2) is 6.91. The lowest BCUT2D eigenvalue weighted by Crippen LogP contribution is -2.04. The molecule has 0 spiro atoms. The molecule has 0 aliphatic rings. The van der Waals surface area contributed by atoms with Crippen LogP contribution in [0.15, 0.2) is 48.5 Å². The number of benzene rings is 2. The van der Waals surface area contributed by atoms with Crippen molar-refractivity contribution in [1.82, 2.24) is 0 Å². The Morgan fingerprint density at radius 1 is 1.00 bits per heavy atom. The highest BCUT2D eigenvalue weighted by molar-refractivity contribution is 9.09. The van der Waals surface area contributed by atoms with Crippen LogP contribution in [0.3, 0.4) is 0 Å². The van der Waals surface area contributed by atoms with Crippen LogP contribution in [0.2, 0.25) is 0 Å². The number of rotatable bonds is 5. The van der Waals surface area contributed by atoms with Gasteiger partial charge in [-0.2, -0.15) is 0 Å². The van der Waals surface area contributed by atoms with Crippen LogP contribution in [0.25, 0.3) is 0 Å². The van der Waals surface area contributed by atoms with Crippen LogP contribution in [-0.4, -0.2) is 5.33 Å². The molecule has 0 aromatic heterocycles. The third-order valence-corrected chi connectivity index (χ3v) is 4.39. The van der Waals surface area contributed by atoms with Crippen molar-refractivity contribution in [1.29, 1.82) is 0 Å². The van der Waals surface area contributed by atoms with Gasteiger partial charge in [-0.1, -0.05) is 76.9 Å². The minimum Gasteiger partial charge on any atom is -0.0921 e. The van der Waals surface area contributed by atoms with E-state index in [9.17, 15) is 0 Å². The fourth-order valence-electron chi connectivity index (χ4n) is 2.38. The van der Waals surface area contributed by atoms with Crippen molar-refractivity contribution < 1.29 is 0 Å². The fourth-order valence-corrected chi connectivity index (χ4v) is 2.98. The highest BCUT2D eigenvalue weighted by atomic mass is 79.9. The summed E-state index contributed by atoms with van der Waals surface area (Å²) in [5, 5.41) is 1.01. The molecule has 0 heterocycles. The van der Waals surface area contributed by atoms with Crippen LogP contribution < -0.4 is 0 Å². The molecule has 100 valence electrons. The minimum absolute atomic E-state index is 0.548. The molecule has 0 saturated carbocycles. The SMILES string of the molecule is CCc1ccc(CC(CBr)c2cccc(C)c2)cc1. The van der Waals surface area contributed by atoms with E-state index in [2.05, 4.69) is 78.3 Å². The molecule has 2 aromatic carbocycles. The maximum Gasteiger partial charge on any atom is 0.0103 e. The van der Waals surface area contributed by atoms with Crippen molar-refractivity contribution in [3.8, 4) is 0 Å². The normalized spacial score (nSPS) is 12.4. The summed E-state index contributed by atoms with van der Waals surface area (Å²) in [6.45, 7) is 4.36. The zero-order valence-electron chi connectivity index (χ0n) is 11.7. The summed E-state index contributed by atoms with van der Waals surface area (Å²) < 4.78 is 0. The molecule has 0 aliphatic carbocycles. The molecule has 2 aromatic rings. The maximum absolute atomic E-state index is 3.66. The van der Waals surface area contributed by atoms with Crippen molar-refractivity contribution >= 4 is 15.9 Å². The lowest BCUT2D eigenvalue weighted by molar-refractivity contribution is 0.774. The number of alkyl halides is 1. The van der Waals surface area contributed by atoms with Gasteiger partial charge in [-0.15, -0.1) is 0 Å². The minimum atomic E-state index is 0.548. The van der Waals surface area contributed by atoms with Crippen LogP contribution in [-0.2, 0) is 12.8 Å². The largest absolute Gasteiger partial charge is 0.0921 e. The van der Waals surface area contributed by atoms with Gasteiger partial charge >= 0.3 is 0 Å². The zero-order valence-corrected chi connectivity index (χ0v) is 13.3. The van der Waals surface area contributed by atoms with E-state index in [0.717, 1.165) is 18.2 Å². The molecular formula is C18H21Br. The first-order chi connectivity index (χ1) is 9.22. The van der Waals surface area contributed by atoms with E-state index in [-0.39, 0.29) is 0 Å². The average molecular weight is 317 g/mol. The third-order valence-electron chi connectivity index (χ3n) is 3.61. The van der Waals surface area contributed by atoms with Gasteiger partial charge in [0.05, 0.1) is 0 Å². The Bertz CT molecular complexity index is 513. The monoisotopic (exact) mass is 316 g/mol.